The maximum Gasteiger partial charge on any atom is 0.416 e. The molecule has 1 aromatic carbocycles. The molecule has 22 heavy (non-hydrogen) atoms. The minimum atomic E-state index is -4.33. The van der Waals surface area contributed by atoms with E-state index < -0.39 is 11.7 Å². The van der Waals surface area contributed by atoms with Crippen molar-refractivity contribution in [2.45, 2.75) is 44.4 Å². The highest BCUT2D eigenvalue weighted by atomic mass is 19.4. The second kappa shape index (κ2) is 6.99. The van der Waals surface area contributed by atoms with Gasteiger partial charge in [-0.3, -0.25) is 4.79 Å². The fourth-order valence-corrected chi connectivity index (χ4v) is 2.74. The van der Waals surface area contributed by atoms with Crippen molar-refractivity contribution in [3.63, 3.8) is 0 Å². The molecule has 1 aromatic rings. The Balaban J connectivity index is 1.83. The van der Waals surface area contributed by atoms with Crippen LogP contribution in [-0.2, 0) is 11.0 Å². The van der Waals surface area contributed by atoms with Gasteiger partial charge in [0.25, 0.3) is 0 Å². The fraction of sp³-hybridized carbons (Fsp3) is 0.471. The third-order valence-electron chi connectivity index (χ3n) is 4.00. The Morgan fingerprint density at radius 2 is 1.77 bits per heavy atom. The largest absolute Gasteiger partial charge is 0.490 e. The first kappa shape index (κ1) is 16.6. The van der Waals surface area contributed by atoms with Crippen molar-refractivity contribution in [3.05, 3.63) is 42.5 Å². The van der Waals surface area contributed by atoms with Crippen molar-refractivity contribution in [1.82, 2.24) is 0 Å². The number of hydrogen-bond donors (Lipinski definition) is 0. The molecule has 2 rings (SSSR count). The summed E-state index contributed by atoms with van der Waals surface area (Å²) in [6, 6.07) is 4.78. The van der Waals surface area contributed by atoms with Crippen LogP contribution in [0, 0.1) is 5.92 Å². The van der Waals surface area contributed by atoms with Crippen LogP contribution >= 0.6 is 0 Å². The number of ketones is 1. The zero-order valence-corrected chi connectivity index (χ0v) is 12.2. The van der Waals surface area contributed by atoms with E-state index >= 15 is 0 Å². The molecule has 0 bridgehead atoms. The Morgan fingerprint density at radius 3 is 2.27 bits per heavy atom. The molecular weight excluding hydrogens is 293 g/mol. The van der Waals surface area contributed by atoms with Crippen LogP contribution in [0.2, 0.25) is 0 Å². The summed E-state index contributed by atoms with van der Waals surface area (Å²) in [7, 11) is 0. The molecule has 0 saturated heterocycles. The normalized spacial score (nSPS) is 22.1. The van der Waals surface area contributed by atoms with E-state index in [9.17, 15) is 18.0 Å². The molecule has 0 amide bonds. The summed E-state index contributed by atoms with van der Waals surface area (Å²) in [6.45, 7) is 3.47. The van der Waals surface area contributed by atoms with Gasteiger partial charge in [0, 0.05) is 6.42 Å². The van der Waals surface area contributed by atoms with Gasteiger partial charge in [0.2, 0.25) is 0 Å². The van der Waals surface area contributed by atoms with Crippen molar-refractivity contribution in [3.8, 4) is 5.75 Å². The van der Waals surface area contributed by atoms with E-state index in [4.69, 9.17) is 4.74 Å². The van der Waals surface area contributed by atoms with Gasteiger partial charge in [-0.2, -0.15) is 13.2 Å². The molecule has 0 heterocycles. The van der Waals surface area contributed by atoms with Gasteiger partial charge in [-0.25, -0.2) is 0 Å². The molecule has 0 radical (unpaired) electrons. The minimum absolute atomic E-state index is 0.00631. The molecule has 1 fully saturated rings. The van der Waals surface area contributed by atoms with Crippen molar-refractivity contribution in [1.29, 1.82) is 0 Å². The lowest BCUT2D eigenvalue weighted by Gasteiger charge is -2.28. The molecule has 2 nitrogen and oxygen atoms in total. The van der Waals surface area contributed by atoms with E-state index in [1.54, 1.807) is 0 Å². The third kappa shape index (κ3) is 4.61. The molecule has 0 aromatic heterocycles. The van der Waals surface area contributed by atoms with Crippen LogP contribution < -0.4 is 4.74 Å². The SMILES string of the molecule is C=CC(=O)CC1CCC(Oc2ccc(C(F)(F)F)cc2)CC1. The number of carbonyl (C=O) groups excluding carboxylic acids is 1. The van der Waals surface area contributed by atoms with Crippen LogP contribution in [0.1, 0.15) is 37.7 Å². The quantitative estimate of drug-likeness (QED) is 0.731. The monoisotopic (exact) mass is 312 g/mol. The van der Waals surface area contributed by atoms with E-state index in [-0.39, 0.29) is 11.9 Å². The zero-order chi connectivity index (χ0) is 16.2. The highest BCUT2D eigenvalue weighted by molar-refractivity contribution is 5.89. The Bertz CT molecular complexity index is 512. The number of halogens is 3. The van der Waals surface area contributed by atoms with Crippen molar-refractivity contribution < 1.29 is 22.7 Å². The van der Waals surface area contributed by atoms with E-state index in [1.165, 1.54) is 18.2 Å². The van der Waals surface area contributed by atoms with Gasteiger partial charge in [-0.1, -0.05) is 6.58 Å². The molecule has 1 aliphatic rings. The van der Waals surface area contributed by atoms with Gasteiger partial charge in [0.05, 0.1) is 11.7 Å². The van der Waals surface area contributed by atoms with Crippen LogP contribution in [-0.4, -0.2) is 11.9 Å². The molecule has 0 N–H and O–H groups in total. The lowest BCUT2D eigenvalue weighted by Crippen LogP contribution is -2.25. The van der Waals surface area contributed by atoms with E-state index in [0.29, 0.717) is 18.1 Å². The smallest absolute Gasteiger partial charge is 0.416 e. The second-order valence-corrected chi connectivity index (χ2v) is 5.66. The molecule has 120 valence electrons. The van der Waals surface area contributed by atoms with Crippen LogP contribution in [0.15, 0.2) is 36.9 Å². The molecule has 0 aliphatic heterocycles. The third-order valence-corrected chi connectivity index (χ3v) is 4.00. The van der Waals surface area contributed by atoms with Crippen LogP contribution in [0.25, 0.3) is 0 Å². The average Bonchev–Trinajstić information content (AvgIpc) is 2.49. The summed E-state index contributed by atoms with van der Waals surface area (Å²) in [5, 5.41) is 0. The number of rotatable bonds is 5. The van der Waals surface area contributed by atoms with Gasteiger partial charge in [-0.05, 0) is 61.9 Å². The molecule has 0 atom stereocenters. The summed E-state index contributed by atoms with van der Waals surface area (Å²) >= 11 is 0. The van der Waals surface area contributed by atoms with E-state index in [1.807, 2.05) is 0 Å². The van der Waals surface area contributed by atoms with Crippen LogP contribution in [0.3, 0.4) is 0 Å². The molecule has 5 heteroatoms. The van der Waals surface area contributed by atoms with Crippen molar-refractivity contribution in [2.75, 3.05) is 0 Å². The number of hydrogen-bond acceptors (Lipinski definition) is 2. The molecule has 1 aliphatic carbocycles. The Morgan fingerprint density at radius 1 is 1.18 bits per heavy atom. The summed E-state index contributed by atoms with van der Waals surface area (Å²) in [5.74, 6) is 0.878. The molecular formula is C17H19F3O2. The summed E-state index contributed by atoms with van der Waals surface area (Å²) in [5.41, 5.74) is -0.675. The standard InChI is InChI=1S/C17H19F3O2/c1-2-14(21)11-12-3-7-15(8-4-12)22-16-9-5-13(6-10-16)17(18,19)20/h2,5-6,9-10,12,15H,1,3-4,7-8,11H2. The fourth-order valence-electron chi connectivity index (χ4n) is 2.74. The lowest BCUT2D eigenvalue weighted by atomic mass is 9.84. The zero-order valence-electron chi connectivity index (χ0n) is 12.2. The number of allylic oxidation sites excluding steroid dienone is 1. The van der Waals surface area contributed by atoms with Crippen molar-refractivity contribution in [2.24, 2.45) is 5.92 Å². The molecule has 0 unspecified atom stereocenters. The summed E-state index contributed by atoms with van der Waals surface area (Å²) in [6.07, 6.45) is 0.976. The van der Waals surface area contributed by atoms with Crippen LogP contribution in [0.5, 0.6) is 5.75 Å². The number of carbonyl (C=O) groups is 1. The van der Waals surface area contributed by atoms with E-state index in [2.05, 4.69) is 6.58 Å². The Kier molecular flexibility index (Phi) is 5.27. The number of alkyl halides is 3. The summed E-state index contributed by atoms with van der Waals surface area (Å²) in [4.78, 5) is 11.3. The van der Waals surface area contributed by atoms with E-state index in [0.717, 1.165) is 37.8 Å². The van der Waals surface area contributed by atoms with Crippen LogP contribution in [0.4, 0.5) is 13.2 Å². The van der Waals surface area contributed by atoms with Gasteiger partial charge in [0.1, 0.15) is 5.75 Å². The second-order valence-electron chi connectivity index (χ2n) is 5.66. The first-order valence-corrected chi connectivity index (χ1v) is 7.37. The maximum absolute atomic E-state index is 12.5. The topological polar surface area (TPSA) is 26.3 Å². The van der Waals surface area contributed by atoms with Gasteiger partial charge < -0.3 is 4.74 Å². The average molecular weight is 312 g/mol. The predicted octanol–water partition coefficient (Wildman–Crippen LogP) is 4.79. The first-order chi connectivity index (χ1) is 10.4. The Labute approximate surface area is 128 Å². The number of benzene rings is 1. The number of ether oxygens (including phenoxy) is 1. The first-order valence-electron chi connectivity index (χ1n) is 7.37. The van der Waals surface area contributed by atoms with Gasteiger partial charge >= 0.3 is 6.18 Å². The molecule has 0 spiro atoms. The summed E-state index contributed by atoms with van der Waals surface area (Å²) < 4.78 is 43.2. The highest BCUT2D eigenvalue weighted by Gasteiger charge is 2.30. The lowest BCUT2D eigenvalue weighted by molar-refractivity contribution is -0.137. The Hall–Kier alpha value is -1.78. The molecule has 1 saturated carbocycles. The van der Waals surface area contributed by atoms with Gasteiger partial charge in [-0.15, -0.1) is 0 Å². The van der Waals surface area contributed by atoms with Gasteiger partial charge in [0.15, 0.2) is 5.78 Å². The predicted molar refractivity (Wildman–Crippen MR) is 77.6 cm³/mol. The highest BCUT2D eigenvalue weighted by Crippen LogP contribution is 2.32. The van der Waals surface area contributed by atoms with Crippen molar-refractivity contribution >= 4 is 5.78 Å². The minimum Gasteiger partial charge on any atom is -0.490 e. The maximum atomic E-state index is 12.5.